The molecule has 3 rings (SSSR count). The number of aryl methyl sites for hydroxylation is 2. The van der Waals surface area contributed by atoms with Crippen LogP contribution in [0, 0.1) is 6.92 Å². The van der Waals surface area contributed by atoms with E-state index in [-0.39, 0.29) is 5.91 Å². The van der Waals surface area contributed by atoms with Gasteiger partial charge in [-0.15, -0.1) is 11.3 Å². The molecule has 7 heteroatoms. The molecule has 122 valence electrons. The number of carbonyl (C=O) groups is 1. The summed E-state index contributed by atoms with van der Waals surface area (Å²) in [4.78, 5) is 16.5. The number of fused-ring (bicyclic) bond motifs is 1. The Bertz CT molecular complexity index is 715. The van der Waals surface area contributed by atoms with Crippen molar-refractivity contribution >= 4 is 22.4 Å². The van der Waals surface area contributed by atoms with Gasteiger partial charge in [0.25, 0.3) is 5.91 Å². The third-order valence-electron chi connectivity index (χ3n) is 3.60. The minimum atomic E-state index is -0.0998. The van der Waals surface area contributed by atoms with Crippen LogP contribution in [0.1, 0.15) is 28.0 Å². The van der Waals surface area contributed by atoms with Crippen molar-refractivity contribution in [2.24, 2.45) is 0 Å². The maximum atomic E-state index is 12.3. The van der Waals surface area contributed by atoms with Crippen molar-refractivity contribution in [2.75, 3.05) is 25.5 Å². The normalized spacial score (nSPS) is 12.9. The second-order valence-electron chi connectivity index (χ2n) is 5.35. The van der Waals surface area contributed by atoms with Gasteiger partial charge < -0.3 is 20.5 Å². The molecule has 0 radical (unpaired) electrons. The molecule has 0 saturated heterocycles. The van der Waals surface area contributed by atoms with Gasteiger partial charge in [-0.25, -0.2) is 4.98 Å². The highest BCUT2D eigenvalue weighted by atomic mass is 32.1. The van der Waals surface area contributed by atoms with E-state index in [2.05, 4.69) is 10.3 Å². The zero-order chi connectivity index (χ0) is 16.2. The summed E-state index contributed by atoms with van der Waals surface area (Å²) in [7, 11) is 0. The Morgan fingerprint density at radius 1 is 1.35 bits per heavy atom. The maximum absolute atomic E-state index is 12.3. The fourth-order valence-corrected chi connectivity index (χ4v) is 3.04. The minimum absolute atomic E-state index is 0.0998. The summed E-state index contributed by atoms with van der Waals surface area (Å²) in [6.45, 7) is 3.53. The number of benzene rings is 1. The first-order chi connectivity index (χ1) is 11.1. The molecule has 1 aromatic heterocycles. The van der Waals surface area contributed by atoms with Crippen LogP contribution in [0.25, 0.3) is 0 Å². The fraction of sp³-hybridized carbons (Fsp3) is 0.375. The highest BCUT2D eigenvalue weighted by Gasteiger charge is 2.17. The van der Waals surface area contributed by atoms with Crippen molar-refractivity contribution in [1.29, 1.82) is 0 Å². The number of hydrogen-bond acceptors (Lipinski definition) is 6. The zero-order valence-corrected chi connectivity index (χ0v) is 13.7. The van der Waals surface area contributed by atoms with Gasteiger partial charge in [-0.3, -0.25) is 4.79 Å². The summed E-state index contributed by atoms with van der Waals surface area (Å²) >= 11 is 1.43. The van der Waals surface area contributed by atoms with Crippen LogP contribution in [0.15, 0.2) is 17.5 Å². The van der Waals surface area contributed by atoms with Crippen molar-refractivity contribution in [2.45, 2.75) is 19.8 Å². The van der Waals surface area contributed by atoms with Gasteiger partial charge >= 0.3 is 0 Å². The lowest BCUT2D eigenvalue weighted by Crippen LogP contribution is -2.26. The number of nitrogens with two attached hydrogens (primary N) is 1. The van der Waals surface area contributed by atoms with Crippen molar-refractivity contribution in [3.63, 3.8) is 0 Å². The number of ether oxygens (including phenoxy) is 2. The molecule has 23 heavy (non-hydrogen) atoms. The van der Waals surface area contributed by atoms with Gasteiger partial charge in [0.2, 0.25) is 0 Å². The molecule has 0 atom stereocenters. The van der Waals surface area contributed by atoms with Gasteiger partial charge in [0.05, 0.1) is 5.69 Å². The molecule has 2 aromatic rings. The molecule has 0 aliphatic carbocycles. The number of thiazole rings is 1. The molecular weight excluding hydrogens is 314 g/mol. The Balaban J connectivity index is 1.55. The first kappa shape index (κ1) is 15.6. The van der Waals surface area contributed by atoms with Crippen LogP contribution in [-0.4, -0.2) is 30.6 Å². The van der Waals surface area contributed by atoms with Crippen molar-refractivity contribution in [1.82, 2.24) is 10.3 Å². The van der Waals surface area contributed by atoms with Crippen LogP contribution in [0.3, 0.4) is 0 Å². The number of anilines is 1. The summed E-state index contributed by atoms with van der Waals surface area (Å²) in [6.07, 6.45) is 1.62. The highest BCUT2D eigenvalue weighted by molar-refractivity contribution is 7.13. The second kappa shape index (κ2) is 6.87. The predicted molar refractivity (Wildman–Crippen MR) is 89.3 cm³/mol. The van der Waals surface area contributed by atoms with Gasteiger partial charge in [0.15, 0.2) is 16.6 Å². The molecule has 0 fully saturated rings. The molecule has 6 nitrogen and oxygen atoms in total. The molecule has 1 aromatic carbocycles. The molecular formula is C16H19N3O3S. The fourth-order valence-electron chi connectivity index (χ4n) is 2.44. The zero-order valence-electron chi connectivity index (χ0n) is 12.9. The monoisotopic (exact) mass is 333 g/mol. The average Bonchev–Trinajstić information content (AvgIpc) is 2.96. The SMILES string of the molecule is Cc1cc2c(cc1C(=O)NCCCc1csc(N)n1)OCCO2. The summed E-state index contributed by atoms with van der Waals surface area (Å²) in [5, 5.41) is 5.46. The quantitative estimate of drug-likeness (QED) is 0.819. The first-order valence-electron chi connectivity index (χ1n) is 7.52. The molecule has 3 N–H and O–H groups in total. The van der Waals surface area contributed by atoms with Crippen molar-refractivity contribution < 1.29 is 14.3 Å². The summed E-state index contributed by atoms with van der Waals surface area (Å²) in [5.74, 6) is 1.23. The smallest absolute Gasteiger partial charge is 0.251 e. The van der Waals surface area contributed by atoms with E-state index in [4.69, 9.17) is 15.2 Å². The number of amides is 1. The number of rotatable bonds is 5. The minimum Gasteiger partial charge on any atom is -0.486 e. The largest absolute Gasteiger partial charge is 0.486 e. The lowest BCUT2D eigenvalue weighted by atomic mass is 10.1. The number of nitrogens with zero attached hydrogens (tertiary/aromatic N) is 1. The van der Waals surface area contributed by atoms with Crippen molar-refractivity contribution in [3.8, 4) is 11.5 Å². The van der Waals surface area contributed by atoms with Crippen LogP contribution >= 0.6 is 11.3 Å². The summed E-state index contributed by atoms with van der Waals surface area (Å²) in [6, 6.07) is 3.60. The van der Waals surface area contributed by atoms with E-state index in [0.717, 1.165) is 24.1 Å². The van der Waals surface area contributed by atoms with E-state index in [0.29, 0.717) is 42.0 Å². The lowest BCUT2D eigenvalue weighted by molar-refractivity contribution is 0.0951. The average molecular weight is 333 g/mol. The van der Waals surface area contributed by atoms with Crippen LogP contribution in [0.4, 0.5) is 5.13 Å². The Hall–Kier alpha value is -2.28. The van der Waals surface area contributed by atoms with E-state index in [1.54, 1.807) is 6.07 Å². The van der Waals surface area contributed by atoms with E-state index in [1.807, 2.05) is 18.4 Å². The van der Waals surface area contributed by atoms with Crippen LogP contribution in [0.2, 0.25) is 0 Å². The number of nitrogens with one attached hydrogen (secondary N) is 1. The summed E-state index contributed by atoms with van der Waals surface area (Å²) in [5.41, 5.74) is 8.06. The van der Waals surface area contributed by atoms with Gasteiger partial charge in [0.1, 0.15) is 13.2 Å². The first-order valence-corrected chi connectivity index (χ1v) is 8.40. The van der Waals surface area contributed by atoms with Gasteiger partial charge in [0, 0.05) is 17.5 Å². The molecule has 1 aliphatic rings. The maximum Gasteiger partial charge on any atom is 0.251 e. The topological polar surface area (TPSA) is 86.5 Å². The van der Waals surface area contributed by atoms with Gasteiger partial charge in [-0.05, 0) is 37.5 Å². The Morgan fingerprint density at radius 2 is 2.09 bits per heavy atom. The third kappa shape index (κ3) is 3.73. The van der Waals surface area contributed by atoms with Crippen LogP contribution < -0.4 is 20.5 Å². The van der Waals surface area contributed by atoms with E-state index in [1.165, 1.54) is 11.3 Å². The van der Waals surface area contributed by atoms with E-state index < -0.39 is 0 Å². The molecule has 1 aliphatic heterocycles. The van der Waals surface area contributed by atoms with E-state index >= 15 is 0 Å². The van der Waals surface area contributed by atoms with Gasteiger partial charge in [-0.2, -0.15) is 0 Å². The molecule has 0 saturated carbocycles. The molecule has 2 heterocycles. The van der Waals surface area contributed by atoms with E-state index in [9.17, 15) is 4.79 Å². The van der Waals surface area contributed by atoms with Crippen LogP contribution in [-0.2, 0) is 6.42 Å². The Morgan fingerprint density at radius 3 is 2.78 bits per heavy atom. The number of aromatic nitrogens is 1. The Kier molecular flexibility index (Phi) is 4.66. The number of nitrogen functional groups attached to an aromatic ring is 1. The highest BCUT2D eigenvalue weighted by Crippen LogP contribution is 2.32. The molecule has 1 amide bonds. The number of carbonyl (C=O) groups excluding carboxylic acids is 1. The van der Waals surface area contributed by atoms with Crippen LogP contribution in [0.5, 0.6) is 11.5 Å². The number of hydrogen-bond donors (Lipinski definition) is 2. The van der Waals surface area contributed by atoms with Crippen molar-refractivity contribution in [3.05, 3.63) is 34.3 Å². The second-order valence-corrected chi connectivity index (χ2v) is 6.24. The third-order valence-corrected chi connectivity index (χ3v) is 4.32. The Labute approximate surface area is 138 Å². The molecule has 0 unspecified atom stereocenters. The molecule has 0 spiro atoms. The lowest BCUT2D eigenvalue weighted by Gasteiger charge is -2.20. The van der Waals surface area contributed by atoms with Gasteiger partial charge in [-0.1, -0.05) is 0 Å². The predicted octanol–water partition coefficient (Wildman–Crippen LogP) is 2.17. The standard InChI is InChI=1S/C16H19N3O3S/c1-10-7-13-14(22-6-5-21-13)8-12(10)15(20)18-4-2-3-11-9-23-16(17)19-11/h7-9H,2-6H2,1H3,(H2,17,19)(H,18,20). The summed E-state index contributed by atoms with van der Waals surface area (Å²) < 4.78 is 11.0. The molecule has 0 bridgehead atoms.